The van der Waals surface area contributed by atoms with Gasteiger partial charge in [0.05, 0.1) is 22.6 Å². The maximum Gasteiger partial charge on any atom is 0.191 e. The highest BCUT2D eigenvalue weighted by molar-refractivity contribution is 8.00. The summed E-state index contributed by atoms with van der Waals surface area (Å²) in [5, 5.41) is 9.80. The lowest BCUT2D eigenvalue weighted by atomic mass is 10.3. The molecule has 8 heteroatoms. The van der Waals surface area contributed by atoms with Gasteiger partial charge < -0.3 is 9.30 Å². The maximum atomic E-state index is 5.75. The Balaban J connectivity index is 1.28. The zero-order chi connectivity index (χ0) is 19.9. The molecule has 2 heterocycles. The first-order chi connectivity index (χ1) is 14.3. The van der Waals surface area contributed by atoms with Crippen LogP contribution in [0.5, 0.6) is 5.75 Å². The average molecular weight is 443 g/mol. The van der Waals surface area contributed by atoms with E-state index in [-0.39, 0.29) is 0 Å². The van der Waals surface area contributed by atoms with Crippen molar-refractivity contribution in [2.75, 3.05) is 12.4 Å². The van der Waals surface area contributed by atoms with Gasteiger partial charge in [-0.25, -0.2) is 4.98 Å². The number of thiazole rings is 1. The molecule has 29 heavy (non-hydrogen) atoms. The molecule has 0 unspecified atom stereocenters. The molecule has 2 aromatic heterocycles. The summed E-state index contributed by atoms with van der Waals surface area (Å²) in [7, 11) is 0. The number of aromatic nitrogens is 4. The van der Waals surface area contributed by atoms with Crippen molar-refractivity contribution < 1.29 is 4.74 Å². The highest BCUT2D eigenvalue weighted by Gasteiger charge is 2.13. The van der Waals surface area contributed by atoms with E-state index in [0.29, 0.717) is 6.61 Å². The summed E-state index contributed by atoms with van der Waals surface area (Å²) < 4.78 is 10.2. The molecule has 0 N–H and O–H groups in total. The fourth-order valence-electron chi connectivity index (χ4n) is 2.82. The third kappa shape index (κ3) is 5.32. The summed E-state index contributed by atoms with van der Waals surface area (Å²) in [4.78, 5) is 4.69. The molecule has 0 bridgehead atoms. The Bertz CT molecular complexity index is 1020. The van der Waals surface area contributed by atoms with Gasteiger partial charge in [0.15, 0.2) is 9.50 Å². The van der Waals surface area contributed by atoms with Crippen LogP contribution in [0.4, 0.5) is 0 Å². The fourth-order valence-corrected chi connectivity index (χ4v) is 5.76. The summed E-state index contributed by atoms with van der Waals surface area (Å²) >= 11 is 5.20. The number of nitrogens with zero attached hydrogens (tertiary/aromatic N) is 4. The number of hydrogen-bond donors (Lipinski definition) is 0. The van der Waals surface area contributed by atoms with Gasteiger partial charge in [-0.05, 0) is 37.6 Å². The molecule has 0 aliphatic carbocycles. The molecule has 0 spiro atoms. The van der Waals surface area contributed by atoms with E-state index in [2.05, 4.69) is 39.9 Å². The van der Waals surface area contributed by atoms with Gasteiger partial charge in [0.25, 0.3) is 0 Å². The highest BCUT2D eigenvalue weighted by Crippen LogP contribution is 2.31. The normalized spacial score (nSPS) is 11.2. The number of thioether (sulfide) groups is 2. The molecular weight excluding hydrogens is 420 g/mol. The lowest BCUT2D eigenvalue weighted by molar-refractivity contribution is 0.318. The monoisotopic (exact) mass is 442 g/mol. The van der Waals surface area contributed by atoms with Gasteiger partial charge in [-0.15, -0.1) is 21.5 Å². The Morgan fingerprint density at radius 3 is 2.66 bits per heavy atom. The van der Waals surface area contributed by atoms with Crippen LogP contribution < -0.4 is 4.74 Å². The van der Waals surface area contributed by atoms with Crippen LogP contribution in [0.2, 0.25) is 0 Å². The van der Waals surface area contributed by atoms with Crippen molar-refractivity contribution in [2.45, 2.75) is 35.1 Å². The van der Waals surface area contributed by atoms with Crippen molar-refractivity contribution in [1.82, 2.24) is 19.7 Å². The molecular formula is C21H22N4OS3. The van der Waals surface area contributed by atoms with E-state index in [4.69, 9.17) is 9.72 Å². The second-order valence-electron chi connectivity index (χ2n) is 6.24. The van der Waals surface area contributed by atoms with E-state index in [1.54, 1.807) is 34.9 Å². The molecule has 2 aromatic carbocycles. The summed E-state index contributed by atoms with van der Waals surface area (Å²) in [6.45, 7) is 3.71. The van der Waals surface area contributed by atoms with Crippen LogP contribution in [0.3, 0.4) is 0 Å². The maximum absolute atomic E-state index is 5.75. The van der Waals surface area contributed by atoms with Crippen molar-refractivity contribution >= 4 is 45.1 Å². The van der Waals surface area contributed by atoms with Crippen LogP contribution >= 0.6 is 34.9 Å². The quantitative estimate of drug-likeness (QED) is 0.230. The van der Waals surface area contributed by atoms with Gasteiger partial charge in [0.1, 0.15) is 11.6 Å². The van der Waals surface area contributed by atoms with Crippen LogP contribution in [0.25, 0.3) is 10.2 Å². The molecule has 4 aromatic rings. The minimum atomic E-state index is 0.706. The average Bonchev–Trinajstić information content (AvgIpc) is 3.35. The first-order valence-corrected chi connectivity index (χ1v) is 12.3. The standard InChI is InChI=1S/C21H22N4OS3/c1-2-25-19(15-28-21-22-17-11-6-7-12-18(17)29-21)23-24-20(25)27-14-8-13-26-16-9-4-3-5-10-16/h3-7,9-12H,2,8,13-15H2,1H3. The van der Waals surface area contributed by atoms with Crippen LogP contribution in [0.15, 0.2) is 64.1 Å². The highest BCUT2D eigenvalue weighted by atomic mass is 32.2. The molecule has 5 nitrogen and oxygen atoms in total. The Morgan fingerprint density at radius 1 is 1.00 bits per heavy atom. The van der Waals surface area contributed by atoms with Gasteiger partial charge in [0, 0.05) is 12.3 Å². The molecule has 0 aliphatic rings. The number of benzene rings is 2. The Labute approximate surface area is 182 Å². The second kappa shape index (κ2) is 10.1. The molecule has 150 valence electrons. The molecule has 0 radical (unpaired) electrons. The lowest BCUT2D eigenvalue weighted by Gasteiger charge is -2.07. The van der Waals surface area contributed by atoms with Crippen molar-refractivity contribution in [1.29, 1.82) is 0 Å². The Hall–Kier alpha value is -2.03. The van der Waals surface area contributed by atoms with E-state index < -0.39 is 0 Å². The largest absolute Gasteiger partial charge is 0.494 e. The Morgan fingerprint density at radius 2 is 1.83 bits per heavy atom. The molecule has 0 aliphatic heterocycles. The van der Waals surface area contributed by atoms with Gasteiger partial charge in [-0.2, -0.15) is 0 Å². The molecule has 0 saturated carbocycles. The van der Waals surface area contributed by atoms with Gasteiger partial charge in [-0.3, -0.25) is 0 Å². The van der Waals surface area contributed by atoms with E-state index in [0.717, 1.165) is 51.1 Å². The van der Waals surface area contributed by atoms with Crippen molar-refractivity contribution in [3.8, 4) is 5.75 Å². The molecule has 4 rings (SSSR count). The first-order valence-electron chi connectivity index (χ1n) is 9.54. The third-order valence-electron chi connectivity index (χ3n) is 4.24. The predicted molar refractivity (Wildman–Crippen MR) is 122 cm³/mol. The molecule has 0 atom stereocenters. The second-order valence-corrected chi connectivity index (χ2v) is 9.56. The fraction of sp³-hybridized carbons (Fsp3) is 0.286. The van der Waals surface area contributed by atoms with E-state index >= 15 is 0 Å². The van der Waals surface area contributed by atoms with Gasteiger partial charge >= 0.3 is 0 Å². The van der Waals surface area contributed by atoms with Crippen molar-refractivity contribution in [3.63, 3.8) is 0 Å². The lowest BCUT2D eigenvalue weighted by Crippen LogP contribution is -2.03. The zero-order valence-corrected chi connectivity index (χ0v) is 18.6. The molecule has 0 fully saturated rings. The molecule has 0 amide bonds. The van der Waals surface area contributed by atoms with Crippen molar-refractivity contribution in [2.24, 2.45) is 0 Å². The van der Waals surface area contributed by atoms with Crippen LogP contribution in [0, 0.1) is 0 Å². The summed E-state index contributed by atoms with van der Waals surface area (Å²) in [6.07, 6.45) is 0.964. The van der Waals surface area contributed by atoms with E-state index in [1.165, 1.54) is 4.70 Å². The van der Waals surface area contributed by atoms with Gasteiger partial charge in [-0.1, -0.05) is 53.9 Å². The van der Waals surface area contributed by atoms with Crippen molar-refractivity contribution in [3.05, 3.63) is 60.4 Å². The number of fused-ring (bicyclic) bond motifs is 1. The van der Waals surface area contributed by atoms with Crippen LogP contribution in [-0.4, -0.2) is 32.1 Å². The zero-order valence-electron chi connectivity index (χ0n) is 16.2. The number of para-hydroxylation sites is 2. The summed E-state index contributed by atoms with van der Waals surface area (Å²) in [6, 6.07) is 18.2. The van der Waals surface area contributed by atoms with Crippen LogP contribution in [-0.2, 0) is 12.3 Å². The van der Waals surface area contributed by atoms with E-state index in [9.17, 15) is 0 Å². The van der Waals surface area contributed by atoms with Crippen LogP contribution in [0.1, 0.15) is 19.2 Å². The summed E-state index contributed by atoms with van der Waals surface area (Å²) in [5.74, 6) is 3.65. The van der Waals surface area contributed by atoms with Gasteiger partial charge in [0.2, 0.25) is 0 Å². The minimum Gasteiger partial charge on any atom is -0.494 e. The third-order valence-corrected chi connectivity index (χ3v) is 7.47. The molecule has 0 saturated heterocycles. The first kappa shape index (κ1) is 20.3. The summed E-state index contributed by atoms with van der Waals surface area (Å²) in [5.41, 5.74) is 1.06. The SMILES string of the molecule is CCn1c(CSc2nc3ccccc3s2)nnc1SCCCOc1ccccc1. The number of rotatable bonds is 10. The number of ether oxygens (including phenoxy) is 1. The Kier molecular flexibility index (Phi) is 7.08. The predicted octanol–water partition coefficient (Wildman–Crippen LogP) is 5.76. The van der Waals surface area contributed by atoms with E-state index in [1.807, 2.05) is 36.4 Å². The number of hydrogen-bond acceptors (Lipinski definition) is 7. The smallest absolute Gasteiger partial charge is 0.191 e. The topological polar surface area (TPSA) is 52.8 Å². The minimum absolute atomic E-state index is 0.706.